The first-order chi connectivity index (χ1) is 7.56. The van der Waals surface area contributed by atoms with Crippen molar-refractivity contribution in [2.24, 2.45) is 5.73 Å². The molecular formula is C11H14ClNO3. The Labute approximate surface area is 99.3 Å². The summed E-state index contributed by atoms with van der Waals surface area (Å²) in [6.45, 7) is 1.69. The second-order valence-corrected chi connectivity index (χ2v) is 3.71. The molecule has 0 spiro atoms. The number of esters is 1. The van der Waals surface area contributed by atoms with Crippen molar-refractivity contribution >= 4 is 17.6 Å². The number of methoxy groups -OCH3 is 1. The predicted molar refractivity (Wildman–Crippen MR) is 61.5 cm³/mol. The molecule has 0 saturated heterocycles. The van der Waals surface area contributed by atoms with Crippen LogP contribution in [0.1, 0.15) is 6.92 Å². The summed E-state index contributed by atoms with van der Waals surface area (Å²) in [5.74, 6) is -0.0180. The van der Waals surface area contributed by atoms with Gasteiger partial charge in [0, 0.05) is 0 Å². The first-order valence-corrected chi connectivity index (χ1v) is 5.18. The zero-order valence-corrected chi connectivity index (χ0v) is 9.90. The van der Waals surface area contributed by atoms with Crippen molar-refractivity contribution in [1.29, 1.82) is 0 Å². The van der Waals surface area contributed by atoms with Crippen LogP contribution in [-0.2, 0) is 9.53 Å². The van der Waals surface area contributed by atoms with Crippen LogP contribution in [0.4, 0.5) is 0 Å². The maximum Gasteiger partial charge on any atom is 0.326 e. The fourth-order valence-electron chi connectivity index (χ4n) is 1.14. The van der Waals surface area contributed by atoms with Gasteiger partial charge in [-0.2, -0.15) is 0 Å². The highest BCUT2D eigenvalue weighted by Gasteiger charge is 2.23. The van der Waals surface area contributed by atoms with E-state index in [1.807, 2.05) is 0 Å². The van der Waals surface area contributed by atoms with Crippen LogP contribution < -0.4 is 10.5 Å². The van der Waals surface area contributed by atoms with Gasteiger partial charge < -0.3 is 15.2 Å². The molecule has 1 rings (SSSR count). The number of hydrogen-bond acceptors (Lipinski definition) is 4. The van der Waals surface area contributed by atoms with Gasteiger partial charge in [0.2, 0.25) is 0 Å². The lowest BCUT2D eigenvalue weighted by Gasteiger charge is -2.19. The van der Waals surface area contributed by atoms with Gasteiger partial charge in [0.25, 0.3) is 0 Å². The van der Waals surface area contributed by atoms with Gasteiger partial charge in [0.1, 0.15) is 17.9 Å². The van der Waals surface area contributed by atoms with Gasteiger partial charge >= 0.3 is 5.97 Å². The second-order valence-electron chi connectivity index (χ2n) is 3.30. The molecule has 0 saturated carbocycles. The highest BCUT2D eigenvalue weighted by atomic mass is 35.5. The highest BCUT2D eigenvalue weighted by Crippen LogP contribution is 2.24. The molecule has 0 amide bonds. The Bertz CT molecular complexity index is 370. The number of carbonyl (C=O) groups excluding carboxylic acids is 1. The molecular weight excluding hydrogens is 230 g/mol. The summed E-state index contributed by atoms with van der Waals surface area (Å²) in [5.41, 5.74) is 5.63. The summed E-state index contributed by atoms with van der Waals surface area (Å²) in [6, 6.07) is 6.16. The van der Waals surface area contributed by atoms with Crippen molar-refractivity contribution in [3.05, 3.63) is 29.3 Å². The van der Waals surface area contributed by atoms with Crippen molar-refractivity contribution in [1.82, 2.24) is 0 Å². The Kier molecular flexibility index (Phi) is 4.58. The lowest BCUT2D eigenvalue weighted by Crippen LogP contribution is -2.44. The van der Waals surface area contributed by atoms with E-state index in [2.05, 4.69) is 4.74 Å². The molecule has 0 heterocycles. The molecule has 0 radical (unpaired) electrons. The SMILES string of the molecule is COC(=O)[C@H](N)[C@@H](C)Oc1ccccc1Cl. The minimum absolute atomic E-state index is 0.478. The van der Waals surface area contributed by atoms with Crippen molar-refractivity contribution in [3.8, 4) is 5.75 Å². The van der Waals surface area contributed by atoms with Gasteiger partial charge in [-0.1, -0.05) is 23.7 Å². The summed E-state index contributed by atoms with van der Waals surface area (Å²) in [6.07, 6.45) is -0.507. The number of nitrogens with two attached hydrogens (primary N) is 1. The van der Waals surface area contributed by atoms with Crippen molar-refractivity contribution in [3.63, 3.8) is 0 Å². The topological polar surface area (TPSA) is 61.5 Å². The van der Waals surface area contributed by atoms with E-state index in [4.69, 9.17) is 22.1 Å². The minimum Gasteiger partial charge on any atom is -0.487 e. The number of rotatable bonds is 4. The van der Waals surface area contributed by atoms with Gasteiger partial charge in [-0.15, -0.1) is 0 Å². The number of ether oxygens (including phenoxy) is 2. The normalized spacial score (nSPS) is 14.0. The average molecular weight is 244 g/mol. The van der Waals surface area contributed by atoms with E-state index in [9.17, 15) is 4.79 Å². The van der Waals surface area contributed by atoms with Crippen LogP contribution in [0.15, 0.2) is 24.3 Å². The van der Waals surface area contributed by atoms with Crippen molar-refractivity contribution < 1.29 is 14.3 Å². The maximum absolute atomic E-state index is 11.2. The lowest BCUT2D eigenvalue weighted by atomic mass is 10.2. The summed E-state index contributed by atoms with van der Waals surface area (Å²) in [7, 11) is 1.28. The quantitative estimate of drug-likeness (QED) is 0.817. The van der Waals surface area contributed by atoms with Gasteiger partial charge in [-0.3, -0.25) is 4.79 Å². The fraction of sp³-hybridized carbons (Fsp3) is 0.364. The molecule has 5 heteroatoms. The number of hydrogen-bond donors (Lipinski definition) is 1. The smallest absolute Gasteiger partial charge is 0.326 e. The van der Waals surface area contributed by atoms with Gasteiger partial charge in [0.15, 0.2) is 0 Å². The molecule has 0 aromatic heterocycles. The predicted octanol–water partition coefficient (Wildman–Crippen LogP) is 1.61. The van der Waals surface area contributed by atoms with E-state index in [0.29, 0.717) is 10.8 Å². The standard InChI is InChI=1S/C11H14ClNO3/c1-7(10(13)11(14)15-2)16-9-6-4-3-5-8(9)12/h3-7,10H,13H2,1-2H3/t7-,10-/m1/s1. The molecule has 4 nitrogen and oxygen atoms in total. The Balaban J connectivity index is 2.68. The molecule has 1 aromatic carbocycles. The molecule has 0 unspecified atom stereocenters. The largest absolute Gasteiger partial charge is 0.487 e. The lowest BCUT2D eigenvalue weighted by molar-refractivity contribution is -0.144. The molecule has 0 fully saturated rings. The van der Waals surface area contributed by atoms with Crippen LogP contribution >= 0.6 is 11.6 Å². The molecule has 0 aliphatic heterocycles. The molecule has 2 N–H and O–H groups in total. The van der Waals surface area contributed by atoms with Crippen LogP contribution in [0.2, 0.25) is 5.02 Å². The van der Waals surface area contributed by atoms with Gasteiger partial charge in [0.05, 0.1) is 12.1 Å². The van der Waals surface area contributed by atoms with Gasteiger partial charge in [-0.05, 0) is 19.1 Å². The summed E-state index contributed by atoms with van der Waals surface area (Å²) < 4.78 is 10.00. The Hall–Kier alpha value is -1.26. The number of benzene rings is 1. The summed E-state index contributed by atoms with van der Waals surface area (Å²) in [4.78, 5) is 11.2. The monoisotopic (exact) mass is 243 g/mol. The third-order valence-corrected chi connectivity index (χ3v) is 2.44. The van der Waals surface area contributed by atoms with E-state index in [1.165, 1.54) is 7.11 Å². The fourth-order valence-corrected chi connectivity index (χ4v) is 1.32. The number of carbonyl (C=O) groups is 1. The summed E-state index contributed by atoms with van der Waals surface area (Å²) in [5, 5.41) is 0.478. The molecule has 2 atom stereocenters. The van der Waals surface area contributed by atoms with Crippen LogP contribution in [0.5, 0.6) is 5.75 Å². The Morgan fingerprint density at radius 3 is 2.62 bits per heavy atom. The van der Waals surface area contributed by atoms with Gasteiger partial charge in [-0.25, -0.2) is 0 Å². The van der Waals surface area contributed by atoms with E-state index >= 15 is 0 Å². The molecule has 16 heavy (non-hydrogen) atoms. The van der Waals surface area contributed by atoms with Crippen molar-refractivity contribution in [2.45, 2.75) is 19.1 Å². The number of halogens is 1. The molecule has 0 bridgehead atoms. The van der Waals surface area contributed by atoms with Crippen molar-refractivity contribution in [2.75, 3.05) is 7.11 Å². The molecule has 0 aliphatic carbocycles. The molecule has 0 aliphatic rings. The van der Waals surface area contributed by atoms with E-state index in [-0.39, 0.29) is 0 Å². The zero-order valence-electron chi connectivity index (χ0n) is 9.14. The van der Waals surface area contributed by atoms with E-state index in [0.717, 1.165) is 0 Å². The highest BCUT2D eigenvalue weighted by molar-refractivity contribution is 6.32. The first-order valence-electron chi connectivity index (χ1n) is 4.81. The maximum atomic E-state index is 11.2. The Morgan fingerprint density at radius 2 is 2.06 bits per heavy atom. The third kappa shape index (κ3) is 3.12. The summed E-state index contributed by atoms with van der Waals surface area (Å²) >= 11 is 5.90. The number of para-hydroxylation sites is 1. The molecule has 1 aromatic rings. The average Bonchev–Trinajstić information content (AvgIpc) is 2.30. The Morgan fingerprint density at radius 1 is 1.44 bits per heavy atom. The first kappa shape index (κ1) is 12.8. The van der Waals surface area contributed by atoms with Crippen LogP contribution in [0.25, 0.3) is 0 Å². The van der Waals surface area contributed by atoms with E-state index < -0.39 is 18.1 Å². The minimum atomic E-state index is -0.832. The molecule has 88 valence electrons. The third-order valence-electron chi connectivity index (χ3n) is 2.13. The van der Waals surface area contributed by atoms with Crippen LogP contribution in [0, 0.1) is 0 Å². The van der Waals surface area contributed by atoms with Crippen LogP contribution in [-0.4, -0.2) is 25.2 Å². The zero-order chi connectivity index (χ0) is 12.1. The second kappa shape index (κ2) is 5.72. The van der Waals surface area contributed by atoms with Crippen LogP contribution in [0.3, 0.4) is 0 Å². The van der Waals surface area contributed by atoms with E-state index in [1.54, 1.807) is 31.2 Å².